The van der Waals surface area contributed by atoms with Gasteiger partial charge >= 0.3 is 0 Å². The standard InChI is InChI=1S/C22H33N7OS2/c1-16(27-21(23)31-18-6-4-3-5-7-18)8-9-19-13-26-22(32-19)28-20-14-24-17(12-25-20)15-29(2)10-11-30/h8,12-14,18,30H,3-7,9-11,15H2,1-2H3,(H2,23,27)(H,25,26,28)/b16-8-. The predicted molar refractivity (Wildman–Crippen MR) is 134 cm³/mol. The molecular weight excluding hydrogens is 442 g/mol. The Kier molecular flexibility index (Phi) is 9.91. The van der Waals surface area contributed by atoms with Crippen LogP contribution in [0.2, 0.25) is 0 Å². The predicted octanol–water partition coefficient (Wildman–Crippen LogP) is 3.93. The first-order chi connectivity index (χ1) is 15.5. The number of hydrogen-bond acceptors (Lipinski definition) is 9. The molecule has 0 aromatic carbocycles. The second kappa shape index (κ2) is 12.9. The van der Waals surface area contributed by atoms with E-state index >= 15 is 0 Å². The number of aromatic nitrogens is 3. The van der Waals surface area contributed by atoms with Gasteiger partial charge in [-0.2, -0.15) is 0 Å². The Morgan fingerprint density at radius 1 is 1.28 bits per heavy atom. The van der Waals surface area contributed by atoms with Crippen molar-refractivity contribution in [2.75, 3.05) is 25.5 Å². The van der Waals surface area contributed by atoms with Crippen LogP contribution in [0.5, 0.6) is 0 Å². The number of hydrogen-bond donors (Lipinski definition) is 3. The minimum Gasteiger partial charge on any atom is -0.395 e. The number of likely N-dealkylation sites (N-methyl/N-ethyl adjacent to an activating group) is 1. The van der Waals surface area contributed by atoms with E-state index < -0.39 is 0 Å². The monoisotopic (exact) mass is 475 g/mol. The number of nitrogens with one attached hydrogen (secondary N) is 1. The molecule has 0 unspecified atom stereocenters. The first-order valence-corrected chi connectivity index (χ1v) is 12.7. The fraction of sp³-hybridized carbons (Fsp3) is 0.545. The SMILES string of the molecule is C/C(=C/Cc1cnc(Nc2cnc(CN(C)CCO)cn2)s1)N=C(N)SC1CCCCC1. The topological polar surface area (TPSA) is 113 Å². The molecule has 4 N–H and O–H groups in total. The van der Waals surface area contributed by atoms with Crippen LogP contribution >= 0.6 is 23.1 Å². The third kappa shape index (κ3) is 8.50. The van der Waals surface area contributed by atoms with Gasteiger partial charge in [0.2, 0.25) is 0 Å². The number of allylic oxidation sites excluding steroid dienone is 2. The fourth-order valence-corrected chi connectivity index (χ4v) is 5.33. The zero-order chi connectivity index (χ0) is 22.8. The van der Waals surface area contributed by atoms with Crippen molar-refractivity contribution in [3.05, 3.63) is 40.9 Å². The van der Waals surface area contributed by atoms with Gasteiger partial charge in [0.05, 0.1) is 24.7 Å². The second-order valence-corrected chi connectivity index (χ2v) is 10.4. The average molecular weight is 476 g/mol. The number of nitrogens with zero attached hydrogens (tertiary/aromatic N) is 5. The van der Waals surface area contributed by atoms with Crippen LogP contribution in [-0.4, -0.2) is 55.6 Å². The summed E-state index contributed by atoms with van der Waals surface area (Å²) < 4.78 is 0. The van der Waals surface area contributed by atoms with Crippen molar-refractivity contribution in [1.29, 1.82) is 0 Å². The molecule has 0 bridgehead atoms. The maximum absolute atomic E-state index is 8.98. The minimum absolute atomic E-state index is 0.129. The molecule has 2 aromatic heterocycles. The largest absolute Gasteiger partial charge is 0.395 e. The van der Waals surface area contributed by atoms with Crippen LogP contribution in [0.1, 0.15) is 49.6 Å². The molecule has 0 radical (unpaired) electrons. The minimum atomic E-state index is 0.129. The molecule has 1 aliphatic carbocycles. The molecule has 1 saturated carbocycles. The van der Waals surface area contributed by atoms with Gasteiger partial charge in [-0.05, 0) is 26.8 Å². The summed E-state index contributed by atoms with van der Waals surface area (Å²) in [5.41, 5.74) is 7.93. The first kappa shape index (κ1) is 24.6. The summed E-state index contributed by atoms with van der Waals surface area (Å²) in [6.07, 6.45) is 14.6. The van der Waals surface area contributed by atoms with Gasteiger partial charge in [-0.25, -0.2) is 15.0 Å². The zero-order valence-electron chi connectivity index (χ0n) is 18.8. The summed E-state index contributed by atoms with van der Waals surface area (Å²) in [5, 5.41) is 14.3. The molecule has 2 aromatic rings. The van der Waals surface area contributed by atoms with Crippen molar-refractivity contribution < 1.29 is 5.11 Å². The number of rotatable bonds is 10. The van der Waals surface area contributed by atoms with E-state index in [1.165, 1.54) is 32.1 Å². The third-order valence-corrected chi connectivity index (χ3v) is 7.20. The Balaban J connectivity index is 1.48. The van der Waals surface area contributed by atoms with Gasteiger partial charge in [-0.15, -0.1) is 11.3 Å². The van der Waals surface area contributed by atoms with Crippen LogP contribution in [0, 0.1) is 0 Å². The molecule has 32 heavy (non-hydrogen) atoms. The van der Waals surface area contributed by atoms with Crippen LogP contribution in [0.25, 0.3) is 0 Å². The number of thiazole rings is 1. The van der Waals surface area contributed by atoms with Crippen molar-refractivity contribution in [1.82, 2.24) is 19.9 Å². The fourth-order valence-electron chi connectivity index (χ4n) is 3.44. The van der Waals surface area contributed by atoms with Gasteiger partial charge in [0.1, 0.15) is 0 Å². The highest BCUT2D eigenvalue weighted by atomic mass is 32.2. The van der Waals surface area contributed by atoms with E-state index in [4.69, 9.17) is 10.8 Å². The third-order valence-electron chi connectivity index (χ3n) is 5.13. The average Bonchev–Trinajstić information content (AvgIpc) is 3.22. The molecule has 174 valence electrons. The van der Waals surface area contributed by atoms with Crippen molar-refractivity contribution in [3.63, 3.8) is 0 Å². The van der Waals surface area contributed by atoms with E-state index in [0.29, 0.717) is 29.3 Å². The lowest BCUT2D eigenvalue weighted by Gasteiger charge is -2.20. The summed E-state index contributed by atoms with van der Waals surface area (Å²) in [7, 11) is 1.94. The number of amidine groups is 1. The Hall–Kier alpha value is -2.01. The Labute approximate surface area is 198 Å². The van der Waals surface area contributed by atoms with Gasteiger partial charge in [0.15, 0.2) is 16.1 Å². The quantitative estimate of drug-likeness (QED) is 0.350. The summed E-state index contributed by atoms with van der Waals surface area (Å²) in [4.78, 5) is 20.9. The molecule has 1 fully saturated rings. The van der Waals surface area contributed by atoms with E-state index in [1.54, 1.807) is 35.5 Å². The van der Waals surface area contributed by atoms with Crippen molar-refractivity contribution in [2.45, 2.75) is 57.2 Å². The lowest BCUT2D eigenvalue weighted by molar-refractivity contribution is 0.216. The lowest BCUT2D eigenvalue weighted by atomic mass is 10.0. The molecule has 10 heteroatoms. The first-order valence-electron chi connectivity index (χ1n) is 11.0. The molecule has 8 nitrogen and oxygen atoms in total. The number of aliphatic hydroxyl groups is 1. The van der Waals surface area contributed by atoms with Crippen LogP contribution in [0.3, 0.4) is 0 Å². The van der Waals surface area contributed by atoms with E-state index in [1.807, 2.05) is 25.1 Å². The van der Waals surface area contributed by atoms with Crippen LogP contribution in [0.15, 0.2) is 35.4 Å². The van der Waals surface area contributed by atoms with Gasteiger partial charge in [0.25, 0.3) is 0 Å². The van der Waals surface area contributed by atoms with Gasteiger partial charge in [-0.3, -0.25) is 9.88 Å². The van der Waals surface area contributed by atoms with Crippen LogP contribution < -0.4 is 11.1 Å². The van der Waals surface area contributed by atoms with Gasteiger partial charge in [-0.1, -0.05) is 37.1 Å². The zero-order valence-corrected chi connectivity index (χ0v) is 20.5. The van der Waals surface area contributed by atoms with Gasteiger partial charge in [0, 0.05) is 41.5 Å². The molecule has 0 spiro atoms. The molecular formula is C22H33N7OS2. The van der Waals surface area contributed by atoms with E-state index in [-0.39, 0.29) is 6.61 Å². The van der Waals surface area contributed by atoms with Gasteiger partial charge < -0.3 is 16.2 Å². The van der Waals surface area contributed by atoms with Crippen molar-refractivity contribution in [3.8, 4) is 0 Å². The molecule has 0 aliphatic heterocycles. The number of nitrogens with two attached hydrogens (primary N) is 1. The maximum atomic E-state index is 8.98. The summed E-state index contributed by atoms with van der Waals surface area (Å²) in [6.45, 7) is 3.37. The highest BCUT2D eigenvalue weighted by Gasteiger charge is 2.15. The molecule has 1 aliphatic rings. The second-order valence-electron chi connectivity index (χ2n) is 7.99. The van der Waals surface area contributed by atoms with E-state index in [0.717, 1.165) is 27.8 Å². The van der Waals surface area contributed by atoms with Crippen LogP contribution in [-0.2, 0) is 13.0 Å². The molecule has 0 amide bonds. The Morgan fingerprint density at radius 3 is 2.81 bits per heavy atom. The van der Waals surface area contributed by atoms with E-state index in [9.17, 15) is 0 Å². The normalized spacial score (nSPS) is 16.0. The summed E-state index contributed by atoms with van der Waals surface area (Å²) in [5.74, 6) is 0.656. The maximum Gasteiger partial charge on any atom is 0.188 e. The van der Waals surface area contributed by atoms with Crippen LogP contribution in [0.4, 0.5) is 10.9 Å². The summed E-state index contributed by atoms with van der Waals surface area (Å²) >= 11 is 3.31. The Bertz CT molecular complexity index is 892. The number of anilines is 2. The molecule has 2 heterocycles. The highest BCUT2D eigenvalue weighted by Crippen LogP contribution is 2.28. The van der Waals surface area contributed by atoms with E-state index in [2.05, 4.69) is 31.3 Å². The molecule has 0 saturated heterocycles. The smallest absolute Gasteiger partial charge is 0.188 e. The number of aliphatic hydroxyl groups excluding tert-OH is 1. The number of thioether (sulfide) groups is 1. The summed E-state index contributed by atoms with van der Waals surface area (Å²) in [6, 6.07) is 0. The lowest BCUT2D eigenvalue weighted by Crippen LogP contribution is -2.22. The Morgan fingerprint density at radius 2 is 2.09 bits per heavy atom. The highest BCUT2D eigenvalue weighted by molar-refractivity contribution is 8.14. The van der Waals surface area contributed by atoms with Crippen molar-refractivity contribution in [2.24, 2.45) is 10.7 Å². The van der Waals surface area contributed by atoms with Crippen molar-refractivity contribution >= 4 is 39.2 Å². The molecule has 0 atom stereocenters. The number of aliphatic imine (C=N–C) groups is 1. The molecule has 3 rings (SSSR count).